The highest BCUT2D eigenvalue weighted by molar-refractivity contribution is 5.76. The number of hydrogen-bond donors (Lipinski definition) is 1. The van der Waals surface area contributed by atoms with Crippen molar-refractivity contribution in [3.05, 3.63) is 39.9 Å². The van der Waals surface area contributed by atoms with Crippen molar-refractivity contribution in [3.8, 4) is 0 Å². The SMILES string of the molecule is CCCCC(CC)CC(NC(CC)CCCC)C(=O)OCc1ccccc1[N+](=O)[O-]. The van der Waals surface area contributed by atoms with E-state index in [0.717, 1.165) is 57.8 Å². The second-order valence-electron chi connectivity index (χ2n) is 8.11. The highest BCUT2D eigenvalue weighted by Gasteiger charge is 2.26. The molecular formula is C24H40N2O4. The average Bonchev–Trinajstić information content (AvgIpc) is 2.76. The summed E-state index contributed by atoms with van der Waals surface area (Å²) in [7, 11) is 0. The van der Waals surface area contributed by atoms with E-state index >= 15 is 0 Å². The molecule has 1 N–H and O–H groups in total. The predicted octanol–water partition coefficient (Wildman–Crippen LogP) is 6.17. The highest BCUT2D eigenvalue weighted by atomic mass is 16.6. The van der Waals surface area contributed by atoms with Crippen LogP contribution < -0.4 is 5.32 Å². The van der Waals surface area contributed by atoms with Gasteiger partial charge in [0.15, 0.2) is 0 Å². The molecule has 0 heterocycles. The van der Waals surface area contributed by atoms with Crippen LogP contribution in [0.5, 0.6) is 0 Å². The molecule has 0 aliphatic carbocycles. The molecule has 0 fully saturated rings. The number of nitro benzene ring substituents is 1. The summed E-state index contributed by atoms with van der Waals surface area (Å²) in [6.45, 7) is 8.58. The van der Waals surface area contributed by atoms with Crippen molar-refractivity contribution < 1.29 is 14.5 Å². The molecule has 0 bridgehead atoms. The van der Waals surface area contributed by atoms with E-state index in [2.05, 4.69) is 33.0 Å². The Labute approximate surface area is 181 Å². The topological polar surface area (TPSA) is 81.5 Å². The Morgan fingerprint density at radius 1 is 1.07 bits per heavy atom. The summed E-state index contributed by atoms with van der Waals surface area (Å²) in [6, 6.07) is 6.32. The molecule has 0 radical (unpaired) electrons. The highest BCUT2D eigenvalue weighted by Crippen LogP contribution is 2.22. The molecule has 0 aliphatic rings. The van der Waals surface area contributed by atoms with Crippen molar-refractivity contribution >= 4 is 11.7 Å². The summed E-state index contributed by atoms with van der Waals surface area (Å²) in [5.74, 6) is 0.155. The number of nitro groups is 1. The molecule has 0 aromatic heterocycles. The zero-order valence-corrected chi connectivity index (χ0v) is 19.2. The minimum absolute atomic E-state index is 0.0152. The Morgan fingerprint density at radius 3 is 2.33 bits per heavy atom. The van der Waals surface area contributed by atoms with Gasteiger partial charge in [-0.25, -0.2) is 0 Å². The van der Waals surface area contributed by atoms with Gasteiger partial charge in [0.25, 0.3) is 5.69 Å². The number of para-hydroxylation sites is 1. The van der Waals surface area contributed by atoms with E-state index < -0.39 is 4.92 Å². The van der Waals surface area contributed by atoms with Crippen molar-refractivity contribution in [2.24, 2.45) is 5.92 Å². The molecule has 0 aliphatic heterocycles. The van der Waals surface area contributed by atoms with Gasteiger partial charge in [-0.05, 0) is 31.2 Å². The van der Waals surface area contributed by atoms with Crippen molar-refractivity contribution in [1.29, 1.82) is 0 Å². The van der Waals surface area contributed by atoms with Gasteiger partial charge in [-0.3, -0.25) is 14.9 Å². The number of nitrogens with zero attached hydrogens (tertiary/aromatic N) is 1. The van der Waals surface area contributed by atoms with Gasteiger partial charge in [0.1, 0.15) is 12.6 Å². The summed E-state index contributed by atoms with van der Waals surface area (Å²) < 4.78 is 5.57. The standard InChI is InChI=1S/C24H40N2O4/c1-5-9-13-19(7-3)17-22(25-21(8-4)15-10-6-2)24(27)30-18-20-14-11-12-16-23(20)26(28)29/h11-12,14,16,19,21-22,25H,5-10,13,15,17-18H2,1-4H3. The third-order valence-corrected chi connectivity index (χ3v) is 5.79. The fourth-order valence-electron chi connectivity index (χ4n) is 3.75. The number of hydrogen-bond acceptors (Lipinski definition) is 5. The summed E-state index contributed by atoms with van der Waals surface area (Å²) in [5.41, 5.74) is 0.407. The number of unbranched alkanes of at least 4 members (excludes halogenated alkanes) is 2. The van der Waals surface area contributed by atoms with Crippen molar-refractivity contribution in [2.45, 2.75) is 104 Å². The van der Waals surface area contributed by atoms with E-state index in [1.807, 2.05) is 0 Å². The van der Waals surface area contributed by atoms with E-state index in [-0.39, 0.29) is 30.3 Å². The summed E-state index contributed by atoms with van der Waals surface area (Å²) in [4.78, 5) is 23.8. The Morgan fingerprint density at radius 2 is 1.73 bits per heavy atom. The van der Waals surface area contributed by atoms with Crippen molar-refractivity contribution in [2.75, 3.05) is 0 Å². The van der Waals surface area contributed by atoms with Crippen LogP contribution in [0.1, 0.15) is 91.0 Å². The maximum absolute atomic E-state index is 13.0. The zero-order valence-electron chi connectivity index (χ0n) is 19.2. The van der Waals surface area contributed by atoms with Crippen LogP contribution in [0.4, 0.5) is 5.69 Å². The van der Waals surface area contributed by atoms with Gasteiger partial charge in [0, 0.05) is 12.1 Å². The molecule has 0 amide bonds. The van der Waals surface area contributed by atoms with Gasteiger partial charge >= 0.3 is 5.97 Å². The maximum Gasteiger partial charge on any atom is 0.323 e. The lowest BCUT2D eigenvalue weighted by molar-refractivity contribution is -0.385. The number of carbonyl (C=O) groups excluding carboxylic acids is 1. The molecule has 1 aromatic rings. The van der Waals surface area contributed by atoms with Gasteiger partial charge in [0.2, 0.25) is 0 Å². The molecule has 0 saturated carbocycles. The number of carbonyl (C=O) groups is 1. The number of ether oxygens (including phenoxy) is 1. The Kier molecular flexibility index (Phi) is 13.0. The lowest BCUT2D eigenvalue weighted by Gasteiger charge is -2.27. The van der Waals surface area contributed by atoms with Crippen LogP contribution in [0.3, 0.4) is 0 Å². The first-order valence-corrected chi connectivity index (χ1v) is 11.6. The fraction of sp³-hybridized carbons (Fsp3) is 0.708. The van der Waals surface area contributed by atoms with Crippen LogP contribution in [-0.4, -0.2) is 23.0 Å². The third kappa shape index (κ3) is 9.24. The molecule has 30 heavy (non-hydrogen) atoms. The van der Waals surface area contributed by atoms with Gasteiger partial charge in [0.05, 0.1) is 10.5 Å². The van der Waals surface area contributed by atoms with Crippen LogP contribution in [-0.2, 0) is 16.1 Å². The van der Waals surface area contributed by atoms with Crippen molar-refractivity contribution in [1.82, 2.24) is 5.32 Å². The first kappa shape index (κ1) is 26.1. The van der Waals surface area contributed by atoms with Crippen LogP contribution in [0, 0.1) is 16.0 Å². The monoisotopic (exact) mass is 420 g/mol. The molecule has 1 aromatic carbocycles. The second-order valence-corrected chi connectivity index (χ2v) is 8.11. The zero-order chi connectivity index (χ0) is 22.4. The van der Waals surface area contributed by atoms with Crippen molar-refractivity contribution in [3.63, 3.8) is 0 Å². The Hall–Kier alpha value is -1.95. The van der Waals surface area contributed by atoms with Gasteiger partial charge in [-0.2, -0.15) is 0 Å². The Bertz CT molecular complexity index is 617. The molecule has 0 spiro atoms. The first-order chi connectivity index (χ1) is 14.5. The Balaban J connectivity index is 2.87. The van der Waals surface area contributed by atoms with Crippen LogP contribution in [0.15, 0.2) is 24.3 Å². The molecular weight excluding hydrogens is 380 g/mol. The molecule has 3 unspecified atom stereocenters. The fourth-order valence-corrected chi connectivity index (χ4v) is 3.75. The minimum Gasteiger partial charge on any atom is -0.459 e. The third-order valence-electron chi connectivity index (χ3n) is 5.79. The van der Waals surface area contributed by atoms with E-state index in [4.69, 9.17) is 4.74 Å². The summed E-state index contributed by atoms with van der Waals surface area (Å²) in [5, 5.41) is 14.8. The minimum atomic E-state index is -0.436. The molecule has 0 saturated heterocycles. The smallest absolute Gasteiger partial charge is 0.323 e. The quantitative estimate of drug-likeness (QED) is 0.196. The largest absolute Gasteiger partial charge is 0.459 e. The molecule has 6 nitrogen and oxygen atoms in total. The van der Waals surface area contributed by atoms with Gasteiger partial charge < -0.3 is 10.1 Å². The van der Waals surface area contributed by atoms with E-state index in [1.165, 1.54) is 6.07 Å². The normalized spacial score (nSPS) is 14.1. The first-order valence-electron chi connectivity index (χ1n) is 11.6. The predicted molar refractivity (Wildman–Crippen MR) is 121 cm³/mol. The van der Waals surface area contributed by atoms with Gasteiger partial charge in [-0.1, -0.05) is 78.4 Å². The number of esters is 1. The lowest BCUT2D eigenvalue weighted by atomic mass is 9.91. The van der Waals surface area contributed by atoms with Crippen LogP contribution in [0.2, 0.25) is 0 Å². The lowest BCUT2D eigenvalue weighted by Crippen LogP contribution is -2.45. The molecule has 3 atom stereocenters. The summed E-state index contributed by atoms with van der Waals surface area (Å²) in [6.07, 6.45) is 9.42. The molecule has 170 valence electrons. The molecule has 1 rings (SSSR count). The van der Waals surface area contributed by atoms with Gasteiger partial charge in [-0.15, -0.1) is 0 Å². The van der Waals surface area contributed by atoms with Crippen LogP contribution >= 0.6 is 0 Å². The van der Waals surface area contributed by atoms with Crippen LogP contribution in [0.25, 0.3) is 0 Å². The average molecular weight is 421 g/mol. The molecule has 6 heteroatoms. The van der Waals surface area contributed by atoms with E-state index in [0.29, 0.717) is 11.5 Å². The number of nitrogens with one attached hydrogen (secondary N) is 1. The number of benzene rings is 1. The van der Waals surface area contributed by atoms with E-state index in [1.54, 1.807) is 18.2 Å². The summed E-state index contributed by atoms with van der Waals surface area (Å²) >= 11 is 0. The second kappa shape index (κ2) is 14.9. The van der Waals surface area contributed by atoms with E-state index in [9.17, 15) is 14.9 Å². The maximum atomic E-state index is 13.0. The number of rotatable bonds is 16.